The fraction of sp³-hybridized carbons (Fsp3) is 0.333. The number of hydrogen-bond donors (Lipinski definition) is 1. The predicted molar refractivity (Wildman–Crippen MR) is 115 cm³/mol. The van der Waals surface area contributed by atoms with Gasteiger partial charge in [0.05, 0.1) is 13.2 Å². The highest BCUT2D eigenvalue weighted by atomic mass is 32.2. The summed E-state index contributed by atoms with van der Waals surface area (Å²) < 4.78 is 5.46. The van der Waals surface area contributed by atoms with Crippen molar-refractivity contribution < 1.29 is 14.3 Å². The predicted octanol–water partition coefficient (Wildman–Crippen LogP) is 3.56. The van der Waals surface area contributed by atoms with E-state index in [1.807, 2.05) is 32.0 Å². The number of nitrogens with zero attached hydrogens (tertiary/aromatic N) is 3. The Morgan fingerprint density at radius 3 is 2.66 bits per heavy atom. The maximum absolute atomic E-state index is 12.7. The molecule has 1 heterocycles. The van der Waals surface area contributed by atoms with Crippen molar-refractivity contribution >= 4 is 29.1 Å². The molecule has 0 saturated carbocycles. The highest BCUT2D eigenvalue weighted by molar-refractivity contribution is 8.17. The zero-order valence-electron chi connectivity index (χ0n) is 16.9. The first kappa shape index (κ1) is 22.6. The van der Waals surface area contributed by atoms with E-state index >= 15 is 0 Å². The number of allylic oxidation sites excluding steroid dienone is 1. The van der Waals surface area contributed by atoms with Gasteiger partial charge in [0, 0.05) is 41.0 Å². The minimum Gasteiger partial charge on any atom is -0.383 e. The Morgan fingerprint density at radius 1 is 1.31 bits per heavy atom. The molecule has 0 aliphatic rings. The summed E-state index contributed by atoms with van der Waals surface area (Å²) in [4.78, 5) is 35.1. The van der Waals surface area contributed by atoms with E-state index in [0.717, 1.165) is 23.1 Å². The van der Waals surface area contributed by atoms with Gasteiger partial charge in [0.1, 0.15) is 11.6 Å². The van der Waals surface area contributed by atoms with Crippen LogP contribution in [0.15, 0.2) is 47.1 Å². The summed E-state index contributed by atoms with van der Waals surface area (Å²) in [5.74, 6) is 0.901. The fourth-order valence-corrected chi connectivity index (χ4v) is 3.50. The van der Waals surface area contributed by atoms with Gasteiger partial charge < -0.3 is 15.4 Å². The second kappa shape index (κ2) is 11.3. The van der Waals surface area contributed by atoms with Crippen LogP contribution in [0.5, 0.6) is 0 Å². The largest absolute Gasteiger partial charge is 0.383 e. The van der Waals surface area contributed by atoms with Gasteiger partial charge in [-0.2, -0.15) is 0 Å². The summed E-state index contributed by atoms with van der Waals surface area (Å²) in [6, 6.07) is 9.05. The van der Waals surface area contributed by atoms with Gasteiger partial charge in [0.15, 0.2) is 0 Å². The van der Waals surface area contributed by atoms with Crippen LogP contribution in [0.4, 0.5) is 5.82 Å². The fourth-order valence-electron chi connectivity index (χ4n) is 2.57. The molecule has 0 saturated heterocycles. The molecule has 29 heavy (non-hydrogen) atoms. The van der Waals surface area contributed by atoms with E-state index in [2.05, 4.69) is 9.97 Å². The number of hydrogen-bond acceptors (Lipinski definition) is 7. The number of carbonyl (C=O) groups excluding carboxylic acids is 2. The Labute approximate surface area is 175 Å². The third-order valence-corrected chi connectivity index (χ3v) is 5.39. The molecule has 0 aliphatic carbocycles. The number of nitrogens with two attached hydrogens (primary N) is 1. The smallest absolute Gasteiger partial charge is 0.223 e. The summed E-state index contributed by atoms with van der Waals surface area (Å²) in [6.45, 7) is 6.74. The molecular formula is C21H26N4O3S. The topological polar surface area (TPSA) is 98.4 Å². The summed E-state index contributed by atoms with van der Waals surface area (Å²) in [6.07, 6.45) is 2.86. The Hall–Kier alpha value is -2.71. The molecule has 2 N–H and O–H groups in total. The lowest BCUT2D eigenvalue weighted by molar-refractivity contribution is -0.116. The van der Waals surface area contributed by atoms with Gasteiger partial charge in [-0.25, -0.2) is 9.97 Å². The van der Waals surface area contributed by atoms with E-state index in [1.54, 1.807) is 25.3 Å². The summed E-state index contributed by atoms with van der Waals surface area (Å²) >= 11 is 1.11. The van der Waals surface area contributed by atoms with Crippen molar-refractivity contribution in [1.82, 2.24) is 14.9 Å². The number of nitrogen functional groups attached to an aromatic ring is 1. The molecule has 0 radical (unpaired) electrons. The van der Waals surface area contributed by atoms with Gasteiger partial charge >= 0.3 is 0 Å². The summed E-state index contributed by atoms with van der Waals surface area (Å²) in [7, 11) is 0. The monoisotopic (exact) mass is 414 g/mol. The number of ether oxygens (including phenoxy) is 1. The lowest BCUT2D eigenvalue weighted by atomic mass is 10.2. The molecule has 8 heteroatoms. The second-order valence-corrected chi connectivity index (χ2v) is 7.34. The van der Waals surface area contributed by atoms with Gasteiger partial charge in [-0.1, -0.05) is 30.3 Å². The van der Waals surface area contributed by atoms with Crippen molar-refractivity contribution in [2.24, 2.45) is 0 Å². The number of anilines is 1. The van der Waals surface area contributed by atoms with Crippen LogP contribution in [-0.4, -0.2) is 39.6 Å². The maximum atomic E-state index is 12.7. The molecule has 0 spiro atoms. The minimum atomic E-state index is -0.0829. The molecule has 0 aliphatic heterocycles. The maximum Gasteiger partial charge on any atom is 0.223 e. The minimum absolute atomic E-state index is 0.0829. The Kier molecular flexibility index (Phi) is 8.82. The number of benzene rings is 1. The number of amides is 1. The van der Waals surface area contributed by atoms with Gasteiger partial charge in [-0.3, -0.25) is 9.59 Å². The highest BCUT2D eigenvalue weighted by Crippen LogP contribution is 2.29. The Balaban J connectivity index is 2.27. The van der Waals surface area contributed by atoms with E-state index in [-0.39, 0.29) is 11.7 Å². The third kappa shape index (κ3) is 6.69. The standard InChI is InChI=1S/C21H26N4O3S/c1-4-28-11-10-19(29-21(27)17-8-6-5-7-9-17)15(2)25(14-26)13-18-12-23-16(3)24-20(18)22/h5-9,12,14H,4,10-11,13H2,1-3H3,(H2,22,23,24)/b19-15-. The number of carbonyl (C=O) groups is 2. The Bertz CT molecular complexity index is 871. The van der Waals surface area contributed by atoms with Crippen molar-refractivity contribution in [3.05, 3.63) is 64.1 Å². The lowest BCUT2D eigenvalue weighted by Gasteiger charge is -2.22. The number of aromatic nitrogens is 2. The summed E-state index contributed by atoms with van der Waals surface area (Å²) in [5, 5.41) is -0.0829. The molecule has 1 amide bonds. The number of thioether (sulfide) groups is 1. The molecule has 2 rings (SSSR count). The zero-order valence-corrected chi connectivity index (χ0v) is 17.7. The SMILES string of the molecule is CCOCC/C(SC(=O)c1ccccc1)=C(\C)N(C=O)Cc1cnc(C)nc1N. The second-order valence-electron chi connectivity index (χ2n) is 6.27. The van der Waals surface area contributed by atoms with E-state index in [1.165, 1.54) is 4.90 Å². The van der Waals surface area contributed by atoms with Crippen LogP contribution in [0.25, 0.3) is 0 Å². The molecule has 154 valence electrons. The van der Waals surface area contributed by atoms with Gasteiger partial charge in [0.25, 0.3) is 0 Å². The van der Waals surface area contributed by atoms with Crippen LogP contribution in [0, 0.1) is 6.92 Å². The van der Waals surface area contributed by atoms with Crippen molar-refractivity contribution in [2.75, 3.05) is 18.9 Å². The first-order valence-corrected chi connectivity index (χ1v) is 10.1. The highest BCUT2D eigenvalue weighted by Gasteiger charge is 2.17. The normalized spacial score (nSPS) is 11.7. The van der Waals surface area contributed by atoms with Crippen LogP contribution >= 0.6 is 11.8 Å². The first-order chi connectivity index (χ1) is 14.0. The van der Waals surface area contributed by atoms with E-state index in [4.69, 9.17) is 10.5 Å². The molecule has 0 unspecified atom stereocenters. The number of rotatable bonds is 10. The zero-order chi connectivity index (χ0) is 21.2. The molecule has 2 aromatic rings. The van der Waals surface area contributed by atoms with Gasteiger partial charge in [-0.05, 0) is 32.5 Å². The summed E-state index contributed by atoms with van der Waals surface area (Å²) in [5.41, 5.74) is 7.89. The molecule has 1 aromatic carbocycles. The van der Waals surface area contributed by atoms with Crippen molar-refractivity contribution in [2.45, 2.75) is 33.7 Å². The number of aryl methyl sites for hydroxylation is 1. The van der Waals surface area contributed by atoms with E-state index in [9.17, 15) is 9.59 Å². The quantitative estimate of drug-likeness (QED) is 0.469. The Morgan fingerprint density at radius 2 is 2.03 bits per heavy atom. The van der Waals surface area contributed by atoms with Gasteiger partial charge in [0.2, 0.25) is 11.5 Å². The average Bonchev–Trinajstić information content (AvgIpc) is 2.72. The molecule has 0 bridgehead atoms. The molecule has 0 atom stereocenters. The van der Waals surface area contributed by atoms with Crippen LogP contribution in [0.3, 0.4) is 0 Å². The van der Waals surface area contributed by atoms with Crippen molar-refractivity contribution in [3.63, 3.8) is 0 Å². The average molecular weight is 415 g/mol. The van der Waals surface area contributed by atoms with Crippen LogP contribution in [0.2, 0.25) is 0 Å². The molecular weight excluding hydrogens is 388 g/mol. The lowest BCUT2D eigenvalue weighted by Crippen LogP contribution is -2.22. The third-order valence-electron chi connectivity index (χ3n) is 4.22. The first-order valence-electron chi connectivity index (χ1n) is 9.30. The molecule has 0 fully saturated rings. The van der Waals surface area contributed by atoms with Gasteiger partial charge in [-0.15, -0.1) is 0 Å². The van der Waals surface area contributed by atoms with E-state index in [0.29, 0.717) is 48.1 Å². The van der Waals surface area contributed by atoms with Crippen molar-refractivity contribution in [3.8, 4) is 0 Å². The van der Waals surface area contributed by atoms with Crippen LogP contribution in [-0.2, 0) is 16.1 Å². The molecule has 1 aromatic heterocycles. The van der Waals surface area contributed by atoms with Crippen molar-refractivity contribution in [1.29, 1.82) is 0 Å². The van der Waals surface area contributed by atoms with Crippen LogP contribution < -0.4 is 5.73 Å². The van der Waals surface area contributed by atoms with E-state index < -0.39 is 0 Å². The van der Waals surface area contributed by atoms with Crippen LogP contribution in [0.1, 0.15) is 42.0 Å². The molecule has 7 nitrogen and oxygen atoms in total.